The lowest BCUT2D eigenvalue weighted by Gasteiger charge is -1.99. The quantitative estimate of drug-likeness (QED) is 0.373. The number of hydrogen-bond donors (Lipinski definition) is 1. The zero-order chi connectivity index (χ0) is 21.2. The molecule has 0 fully saturated rings. The Balaban J connectivity index is 1.26. The molecule has 0 radical (unpaired) electrons. The molecule has 0 aliphatic heterocycles. The number of nitrogens with one attached hydrogen (secondary N) is 1. The van der Waals surface area contributed by atoms with Gasteiger partial charge in [0.25, 0.3) is 5.91 Å². The average Bonchev–Trinajstić information content (AvgIpc) is 3.59. The van der Waals surface area contributed by atoms with Crippen LogP contribution in [0.3, 0.4) is 0 Å². The summed E-state index contributed by atoms with van der Waals surface area (Å²) in [5, 5.41) is 9.77. The Morgan fingerprint density at radius 3 is 2.65 bits per heavy atom. The van der Waals surface area contributed by atoms with E-state index in [1.54, 1.807) is 34.8 Å². The molecule has 1 amide bonds. The number of hydrogen-bond acceptors (Lipinski definition) is 8. The Hall–Kier alpha value is -3.56. The molecule has 0 bridgehead atoms. The average molecular weight is 449 g/mol. The van der Waals surface area contributed by atoms with Crippen molar-refractivity contribution in [1.29, 1.82) is 0 Å². The van der Waals surface area contributed by atoms with Gasteiger partial charge in [0.15, 0.2) is 5.76 Å². The Morgan fingerprint density at radius 2 is 1.90 bits per heavy atom. The van der Waals surface area contributed by atoms with Crippen LogP contribution in [0.15, 0.2) is 69.1 Å². The molecule has 0 aliphatic carbocycles. The third-order valence-electron chi connectivity index (χ3n) is 4.51. The first-order valence-electron chi connectivity index (χ1n) is 9.43. The summed E-state index contributed by atoms with van der Waals surface area (Å²) in [6, 6.07) is 15.3. The summed E-state index contributed by atoms with van der Waals surface area (Å²) in [7, 11) is 0. The van der Waals surface area contributed by atoms with Crippen LogP contribution in [0.1, 0.15) is 21.3 Å². The number of thiazole rings is 1. The van der Waals surface area contributed by atoms with Crippen molar-refractivity contribution in [3.8, 4) is 32.5 Å². The molecule has 7 nitrogen and oxygen atoms in total. The van der Waals surface area contributed by atoms with Crippen molar-refractivity contribution in [2.45, 2.75) is 13.5 Å². The van der Waals surface area contributed by atoms with Gasteiger partial charge in [-0.15, -0.1) is 22.7 Å². The Bertz CT molecular complexity index is 1320. The first-order valence-corrected chi connectivity index (χ1v) is 11.1. The standard InChI is InChI=1S/C22H16N4O3S2/c1-13-4-9-18(31-13)22-24-16(12-30-22)14-5-7-15(8-6-14)20-25-19(29-26-20)11-23-21(27)17-3-2-10-28-17/h2-10,12H,11H2,1H3,(H,23,27). The number of carbonyl (C=O) groups is 1. The van der Waals surface area contributed by atoms with E-state index in [4.69, 9.17) is 13.9 Å². The van der Waals surface area contributed by atoms with Crippen LogP contribution in [0.2, 0.25) is 0 Å². The van der Waals surface area contributed by atoms with Crippen molar-refractivity contribution < 1.29 is 13.7 Å². The first kappa shape index (κ1) is 19.4. The second-order valence-corrected chi connectivity index (χ2v) is 8.84. The van der Waals surface area contributed by atoms with Gasteiger partial charge in [-0.05, 0) is 31.2 Å². The summed E-state index contributed by atoms with van der Waals surface area (Å²) < 4.78 is 10.3. The fourth-order valence-corrected chi connectivity index (χ4v) is 4.72. The molecule has 4 aromatic heterocycles. The number of benzene rings is 1. The number of amides is 1. The van der Waals surface area contributed by atoms with Gasteiger partial charge in [-0.25, -0.2) is 4.98 Å². The van der Waals surface area contributed by atoms with Gasteiger partial charge in [0.2, 0.25) is 11.7 Å². The normalized spacial score (nSPS) is 11.0. The Morgan fingerprint density at radius 1 is 1.06 bits per heavy atom. The maximum atomic E-state index is 11.9. The van der Waals surface area contributed by atoms with Gasteiger partial charge in [-0.3, -0.25) is 4.79 Å². The predicted molar refractivity (Wildman–Crippen MR) is 119 cm³/mol. The van der Waals surface area contributed by atoms with E-state index in [9.17, 15) is 4.79 Å². The lowest BCUT2D eigenvalue weighted by atomic mass is 10.1. The highest BCUT2D eigenvalue weighted by Gasteiger charge is 2.13. The third-order valence-corrected chi connectivity index (χ3v) is 6.52. The second kappa shape index (κ2) is 8.29. The molecule has 0 spiro atoms. The van der Waals surface area contributed by atoms with E-state index in [1.165, 1.54) is 16.0 Å². The van der Waals surface area contributed by atoms with E-state index in [2.05, 4.69) is 39.9 Å². The SMILES string of the molecule is Cc1ccc(-c2nc(-c3ccc(-c4noc(CNC(=O)c5ccco5)n4)cc3)cs2)s1. The van der Waals surface area contributed by atoms with E-state index in [1.807, 2.05) is 24.3 Å². The molecular formula is C22H16N4O3S2. The van der Waals surface area contributed by atoms with E-state index in [-0.39, 0.29) is 18.2 Å². The van der Waals surface area contributed by atoms with Crippen molar-refractivity contribution in [2.24, 2.45) is 0 Å². The van der Waals surface area contributed by atoms with Gasteiger partial charge >= 0.3 is 0 Å². The molecule has 0 atom stereocenters. The number of aryl methyl sites for hydroxylation is 1. The maximum Gasteiger partial charge on any atom is 0.287 e. The van der Waals surface area contributed by atoms with Crippen molar-refractivity contribution in [3.05, 3.63) is 76.7 Å². The second-order valence-electron chi connectivity index (χ2n) is 6.70. The molecule has 1 N–H and O–H groups in total. The number of rotatable bonds is 6. The van der Waals surface area contributed by atoms with Crippen LogP contribution in [0.4, 0.5) is 0 Å². The lowest BCUT2D eigenvalue weighted by Crippen LogP contribution is -2.22. The van der Waals surface area contributed by atoms with Gasteiger partial charge in [0.05, 0.1) is 23.4 Å². The monoisotopic (exact) mass is 448 g/mol. The Labute approximate surface area is 185 Å². The summed E-state index contributed by atoms with van der Waals surface area (Å²) in [5.74, 6) is 0.667. The molecule has 0 aliphatic rings. The van der Waals surface area contributed by atoms with E-state index in [0.29, 0.717) is 11.7 Å². The molecular weight excluding hydrogens is 432 g/mol. The van der Waals surface area contributed by atoms with E-state index in [0.717, 1.165) is 21.8 Å². The number of nitrogens with zero attached hydrogens (tertiary/aromatic N) is 3. The van der Waals surface area contributed by atoms with Crippen LogP contribution < -0.4 is 5.32 Å². The van der Waals surface area contributed by atoms with Crippen LogP contribution in [0.25, 0.3) is 32.5 Å². The molecule has 5 rings (SSSR count). The fraction of sp³-hybridized carbons (Fsp3) is 0.0909. The van der Waals surface area contributed by atoms with Crippen molar-refractivity contribution in [1.82, 2.24) is 20.4 Å². The minimum absolute atomic E-state index is 0.119. The molecule has 4 heterocycles. The van der Waals surface area contributed by atoms with Gasteiger partial charge in [0, 0.05) is 21.4 Å². The predicted octanol–water partition coefficient (Wildman–Crippen LogP) is 5.42. The molecule has 0 saturated heterocycles. The number of thiophene rings is 1. The number of carbonyl (C=O) groups excluding carboxylic acids is 1. The zero-order valence-corrected chi connectivity index (χ0v) is 18.0. The Kier molecular flexibility index (Phi) is 5.19. The van der Waals surface area contributed by atoms with Gasteiger partial charge in [0.1, 0.15) is 5.01 Å². The highest BCUT2D eigenvalue weighted by atomic mass is 32.1. The minimum Gasteiger partial charge on any atom is -0.459 e. The van der Waals surface area contributed by atoms with Crippen molar-refractivity contribution >= 4 is 28.6 Å². The fourth-order valence-electron chi connectivity index (χ4n) is 2.95. The molecule has 5 aromatic rings. The lowest BCUT2D eigenvalue weighted by molar-refractivity contribution is 0.0918. The van der Waals surface area contributed by atoms with E-state index < -0.39 is 0 Å². The molecule has 154 valence electrons. The third kappa shape index (κ3) is 4.18. The zero-order valence-electron chi connectivity index (χ0n) is 16.4. The molecule has 0 saturated carbocycles. The summed E-state index contributed by atoms with van der Waals surface area (Å²) in [6.45, 7) is 2.21. The summed E-state index contributed by atoms with van der Waals surface area (Å²) in [6.07, 6.45) is 1.44. The van der Waals surface area contributed by atoms with Crippen LogP contribution >= 0.6 is 22.7 Å². The minimum atomic E-state index is -0.338. The first-order chi connectivity index (χ1) is 15.2. The van der Waals surface area contributed by atoms with Gasteiger partial charge in [-0.1, -0.05) is 29.4 Å². The van der Waals surface area contributed by atoms with Crippen LogP contribution in [0, 0.1) is 6.92 Å². The molecule has 9 heteroatoms. The van der Waals surface area contributed by atoms with Crippen LogP contribution in [-0.2, 0) is 6.54 Å². The smallest absolute Gasteiger partial charge is 0.287 e. The van der Waals surface area contributed by atoms with Gasteiger partial charge in [-0.2, -0.15) is 4.98 Å². The summed E-state index contributed by atoms with van der Waals surface area (Å²) in [4.78, 5) is 23.5. The van der Waals surface area contributed by atoms with Gasteiger partial charge < -0.3 is 14.3 Å². The van der Waals surface area contributed by atoms with Crippen LogP contribution in [0.5, 0.6) is 0 Å². The maximum absolute atomic E-state index is 11.9. The van der Waals surface area contributed by atoms with E-state index >= 15 is 0 Å². The largest absolute Gasteiger partial charge is 0.459 e. The highest BCUT2D eigenvalue weighted by Crippen LogP contribution is 2.33. The number of furan rings is 1. The van der Waals surface area contributed by atoms with Crippen molar-refractivity contribution in [3.63, 3.8) is 0 Å². The highest BCUT2D eigenvalue weighted by molar-refractivity contribution is 7.21. The summed E-state index contributed by atoms with van der Waals surface area (Å²) in [5.41, 5.74) is 2.78. The molecule has 1 aromatic carbocycles. The number of aromatic nitrogens is 3. The summed E-state index contributed by atoms with van der Waals surface area (Å²) >= 11 is 3.39. The van der Waals surface area contributed by atoms with Crippen molar-refractivity contribution in [2.75, 3.05) is 0 Å². The van der Waals surface area contributed by atoms with Crippen LogP contribution in [-0.4, -0.2) is 21.0 Å². The molecule has 0 unspecified atom stereocenters. The molecule has 31 heavy (non-hydrogen) atoms. The topological polar surface area (TPSA) is 94.1 Å².